The quantitative estimate of drug-likeness (QED) is 0.257. The minimum atomic E-state index is -0.297. The lowest BCUT2D eigenvalue weighted by molar-refractivity contribution is -0.116. The fourth-order valence-electron chi connectivity index (χ4n) is 2.75. The van der Waals surface area contributed by atoms with Crippen molar-refractivity contribution >= 4 is 50.4 Å². The van der Waals surface area contributed by atoms with Gasteiger partial charge in [0, 0.05) is 12.1 Å². The third kappa shape index (κ3) is 8.63. The molecule has 0 saturated heterocycles. The van der Waals surface area contributed by atoms with Gasteiger partial charge in [0.2, 0.25) is 0 Å². The Labute approximate surface area is 220 Å². The van der Waals surface area contributed by atoms with Crippen LogP contribution in [0.4, 0.5) is 15.9 Å². The van der Waals surface area contributed by atoms with Gasteiger partial charge in [-0.1, -0.05) is 50.4 Å². The third-order valence-electron chi connectivity index (χ3n) is 4.54. The number of ether oxygens (including phenoxy) is 1. The van der Waals surface area contributed by atoms with Crippen LogP contribution in [-0.2, 0) is 11.4 Å². The topological polar surface area (TPSA) is 64.1 Å². The molecule has 0 aliphatic rings. The molecular weight excluding hydrogens is 497 g/mol. The lowest BCUT2D eigenvalue weighted by Crippen LogP contribution is -1.98. The Balaban J connectivity index is 0.000000583. The van der Waals surface area contributed by atoms with Crippen LogP contribution in [0.1, 0.15) is 51.5 Å². The Kier molecular flexibility index (Phi) is 11.8. The van der Waals surface area contributed by atoms with Crippen molar-refractivity contribution < 1.29 is 13.9 Å². The zero-order chi connectivity index (χ0) is 26.5. The number of anilines is 2. The molecule has 1 N–H and O–H groups in total. The summed E-state index contributed by atoms with van der Waals surface area (Å²) in [5.41, 5.74) is 2.34. The van der Waals surface area contributed by atoms with Crippen molar-refractivity contribution in [3.63, 3.8) is 0 Å². The molecule has 2 heterocycles. The van der Waals surface area contributed by atoms with Crippen LogP contribution in [0.25, 0.3) is 10.2 Å². The van der Waals surface area contributed by atoms with E-state index in [-0.39, 0.29) is 18.2 Å². The molecule has 0 bridgehead atoms. The van der Waals surface area contributed by atoms with E-state index in [0.29, 0.717) is 23.0 Å². The van der Waals surface area contributed by atoms with E-state index in [1.807, 2.05) is 32.9 Å². The zero-order valence-electron chi connectivity index (χ0n) is 21.0. The van der Waals surface area contributed by atoms with Crippen molar-refractivity contribution in [1.82, 2.24) is 9.97 Å². The van der Waals surface area contributed by atoms with Crippen molar-refractivity contribution in [2.45, 2.75) is 47.6 Å². The average molecular weight is 526 g/mol. The molecule has 0 amide bonds. The van der Waals surface area contributed by atoms with Gasteiger partial charge in [-0.05, 0) is 55.8 Å². The van der Waals surface area contributed by atoms with Gasteiger partial charge in [0.05, 0.1) is 20.1 Å². The third-order valence-corrected chi connectivity index (χ3v) is 5.88. The van der Waals surface area contributed by atoms with E-state index in [1.165, 1.54) is 29.8 Å². The Morgan fingerprint density at radius 2 is 1.92 bits per heavy atom. The molecule has 0 fully saturated rings. The molecule has 0 aliphatic carbocycles. The molecule has 0 aliphatic heterocycles. The molecule has 0 unspecified atom stereocenters. The van der Waals surface area contributed by atoms with Crippen molar-refractivity contribution in [2.75, 3.05) is 5.32 Å². The number of halogens is 2. The zero-order valence-corrected chi connectivity index (χ0v) is 22.6. The number of carbonyl (C=O) groups excluding carboxylic acids is 1. The van der Waals surface area contributed by atoms with Gasteiger partial charge >= 0.3 is 0 Å². The number of rotatable bonds is 6. The van der Waals surface area contributed by atoms with Crippen molar-refractivity contribution in [3.05, 3.63) is 76.1 Å². The van der Waals surface area contributed by atoms with E-state index < -0.39 is 0 Å². The molecule has 0 radical (unpaired) electrons. The molecule has 0 spiro atoms. The molecule has 5 nitrogen and oxygen atoms in total. The Morgan fingerprint density at radius 1 is 1.17 bits per heavy atom. The van der Waals surface area contributed by atoms with Crippen LogP contribution >= 0.6 is 22.9 Å². The molecule has 2 aromatic heterocycles. The maximum absolute atomic E-state index is 13.3. The first-order valence-corrected chi connectivity index (χ1v) is 12.7. The van der Waals surface area contributed by atoms with E-state index in [1.54, 1.807) is 38.1 Å². The average Bonchev–Trinajstić information content (AvgIpc) is 3.29. The highest BCUT2D eigenvalue weighted by atomic mass is 35.5. The highest BCUT2D eigenvalue weighted by molar-refractivity contribution is 7.20. The fourth-order valence-corrected chi connectivity index (χ4v) is 3.94. The number of hydrogen-bond donors (Lipinski definition) is 1. The summed E-state index contributed by atoms with van der Waals surface area (Å²) < 4.78 is 19.9. The van der Waals surface area contributed by atoms with E-state index in [9.17, 15) is 9.18 Å². The summed E-state index contributed by atoms with van der Waals surface area (Å²) in [7, 11) is 0. The van der Waals surface area contributed by atoms with E-state index >= 15 is 0 Å². The van der Waals surface area contributed by atoms with Gasteiger partial charge in [0.1, 0.15) is 30.3 Å². The number of aromatic nitrogens is 2. The standard InChI is InChI=1S/C22H15ClFN3OS.C4H8O.C2H6/c1-2-4-17-11-19-21(29-17)22(26-13-25-19)27-16-7-8-20(18(23)10-16)28-12-14-5-3-6-15(24)9-14;1-3-4(2)5;1-2/h3,5-11,13H,12H2,1H3,(H,25,26,27);3H2,1-2H3;1-2H3. The number of benzene rings is 2. The number of nitrogens with zero attached hydrogens (tertiary/aromatic N) is 2. The van der Waals surface area contributed by atoms with Gasteiger partial charge in [-0.25, -0.2) is 14.4 Å². The summed E-state index contributed by atoms with van der Waals surface area (Å²) in [6, 6.07) is 13.6. The number of fused-ring (bicyclic) bond motifs is 1. The predicted octanol–water partition coefficient (Wildman–Crippen LogP) is 8.19. The SMILES string of the molecule is CC.CC#Cc1cc2ncnc(Nc3ccc(OCc4cccc(F)c4)c(Cl)c3)c2s1.CCC(C)=O. The fraction of sp³-hybridized carbons (Fsp3) is 0.250. The monoisotopic (exact) mass is 525 g/mol. The molecule has 188 valence electrons. The molecule has 36 heavy (non-hydrogen) atoms. The number of carbonyl (C=O) groups is 1. The Morgan fingerprint density at radius 3 is 2.56 bits per heavy atom. The maximum Gasteiger partial charge on any atom is 0.151 e. The number of ketones is 1. The summed E-state index contributed by atoms with van der Waals surface area (Å²) >= 11 is 7.90. The second-order valence-electron chi connectivity index (χ2n) is 7.17. The number of nitrogens with one attached hydrogen (secondary N) is 1. The molecule has 0 saturated carbocycles. The first kappa shape index (κ1) is 28.8. The van der Waals surface area contributed by atoms with Crippen LogP contribution in [-0.4, -0.2) is 15.8 Å². The highest BCUT2D eigenvalue weighted by Gasteiger charge is 2.10. The number of Topliss-reactive ketones (excluding diaryl/α,β-unsaturated/α-hetero) is 1. The lowest BCUT2D eigenvalue weighted by atomic mass is 10.2. The molecule has 4 rings (SSSR count). The lowest BCUT2D eigenvalue weighted by Gasteiger charge is -2.11. The normalized spacial score (nSPS) is 9.64. The summed E-state index contributed by atoms with van der Waals surface area (Å²) in [6.45, 7) is 9.46. The highest BCUT2D eigenvalue weighted by Crippen LogP contribution is 2.33. The van der Waals surface area contributed by atoms with Crippen molar-refractivity contribution in [3.8, 4) is 17.6 Å². The largest absolute Gasteiger partial charge is 0.487 e. The smallest absolute Gasteiger partial charge is 0.151 e. The minimum absolute atomic E-state index is 0.229. The van der Waals surface area contributed by atoms with Crippen LogP contribution in [0.5, 0.6) is 5.75 Å². The van der Waals surface area contributed by atoms with Crippen LogP contribution in [0.15, 0.2) is 54.9 Å². The first-order chi connectivity index (χ1) is 17.4. The molecule has 4 aromatic rings. The van der Waals surface area contributed by atoms with Gasteiger partial charge < -0.3 is 14.8 Å². The summed E-state index contributed by atoms with van der Waals surface area (Å²) in [6.07, 6.45) is 2.18. The summed E-state index contributed by atoms with van der Waals surface area (Å²) in [5, 5.41) is 3.72. The molecule has 8 heteroatoms. The molecule has 2 aromatic carbocycles. The first-order valence-electron chi connectivity index (χ1n) is 11.5. The van der Waals surface area contributed by atoms with Gasteiger partial charge in [-0.3, -0.25) is 0 Å². The van der Waals surface area contributed by atoms with Gasteiger partial charge in [-0.15, -0.1) is 17.3 Å². The summed E-state index contributed by atoms with van der Waals surface area (Å²) in [5.74, 6) is 7.11. The van der Waals surface area contributed by atoms with Crippen LogP contribution < -0.4 is 10.1 Å². The summed E-state index contributed by atoms with van der Waals surface area (Å²) in [4.78, 5) is 19.4. The van der Waals surface area contributed by atoms with Gasteiger partial charge in [-0.2, -0.15) is 0 Å². The Hall–Kier alpha value is -3.47. The second kappa shape index (κ2) is 14.8. The van der Waals surface area contributed by atoms with Crippen LogP contribution in [0.2, 0.25) is 5.02 Å². The number of hydrogen-bond acceptors (Lipinski definition) is 6. The number of thiophene rings is 1. The van der Waals surface area contributed by atoms with E-state index in [4.69, 9.17) is 16.3 Å². The Bertz CT molecular complexity index is 1360. The van der Waals surface area contributed by atoms with E-state index in [2.05, 4.69) is 27.1 Å². The van der Waals surface area contributed by atoms with Crippen LogP contribution in [0, 0.1) is 17.7 Å². The van der Waals surface area contributed by atoms with Gasteiger partial charge in [0.25, 0.3) is 0 Å². The maximum atomic E-state index is 13.3. The van der Waals surface area contributed by atoms with Crippen molar-refractivity contribution in [1.29, 1.82) is 0 Å². The van der Waals surface area contributed by atoms with Gasteiger partial charge in [0.15, 0.2) is 5.82 Å². The second-order valence-corrected chi connectivity index (χ2v) is 8.63. The molecule has 0 atom stereocenters. The van der Waals surface area contributed by atoms with Crippen LogP contribution in [0.3, 0.4) is 0 Å². The minimum Gasteiger partial charge on any atom is -0.487 e. The van der Waals surface area contributed by atoms with Crippen molar-refractivity contribution in [2.24, 2.45) is 0 Å². The predicted molar refractivity (Wildman–Crippen MR) is 148 cm³/mol. The van der Waals surface area contributed by atoms with E-state index in [0.717, 1.165) is 26.3 Å². The molecular formula is C28H29ClFN3O2S.